The van der Waals surface area contributed by atoms with Crippen LogP contribution in [0.4, 0.5) is 5.82 Å². The number of nitrogens with zero attached hydrogens (tertiary/aromatic N) is 2. The number of aryl methyl sites for hydroxylation is 1. The number of hydrogen-bond donors (Lipinski definition) is 1. The van der Waals surface area contributed by atoms with Gasteiger partial charge in [-0.15, -0.1) is 0 Å². The molecule has 0 fully saturated rings. The number of likely N-dealkylation sites (N-methyl/N-ethyl adjacent to an activating group) is 1. The molecule has 3 nitrogen and oxygen atoms in total. The summed E-state index contributed by atoms with van der Waals surface area (Å²) in [5, 5.41) is 3.27. The van der Waals surface area contributed by atoms with Crippen LogP contribution in [-0.4, -0.2) is 37.1 Å². The van der Waals surface area contributed by atoms with E-state index in [4.69, 9.17) is 0 Å². The van der Waals surface area contributed by atoms with Crippen LogP contribution in [0.2, 0.25) is 0 Å². The molecule has 78 valence electrons. The van der Waals surface area contributed by atoms with E-state index in [0.717, 1.165) is 25.3 Å². The number of anilines is 1. The molecule has 1 N–H and O–H groups in total. The van der Waals surface area contributed by atoms with Crippen LogP contribution >= 0.6 is 0 Å². The second kappa shape index (κ2) is 5.60. The summed E-state index contributed by atoms with van der Waals surface area (Å²) in [6.07, 6.45) is 2.98. The molecular formula is C11H19N3. The molecule has 0 aliphatic rings. The second-order valence-electron chi connectivity index (χ2n) is 3.64. The summed E-state index contributed by atoms with van der Waals surface area (Å²) in [7, 11) is 4.13. The van der Waals surface area contributed by atoms with Gasteiger partial charge in [0.1, 0.15) is 5.82 Å². The third kappa shape index (κ3) is 3.75. The lowest BCUT2D eigenvalue weighted by Crippen LogP contribution is -2.21. The minimum atomic E-state index is 0.936. The molecule has 1 aromatic heterocycles. The summed E-state index contributed by atoms with van der Waals surface area (Å²) in [6, 6.07) is 4.15. The van der Waals surface area contributed by atoms with Gasteiger partial charge in [0, 0.05) is 19.3 Å². The van der Waals surface area contributed by atoms with Gasteiger partial charge in [-0.2, -0.15) is 0 Å². The van der Waals surface area contributed by atoms with Crippen molar-refractivity contribution in [2.75, 3.05) is 32.5 Å². The summed E-state index contributed by atoms with van der Waals surface area (Å²) in [5.74, 6) is 0.962. The maximum absolute atomic E-state index is 4.32. The summed E-state index contributed by atoms with van der Waals surface area (Å²) in [5.41, 5.74) is 1.28. The molecule has 0 aliphatic heterocycles. The van der Waals surface area contributed by atoms with Crippen LogP contribution < -0.4 is 5.32 Å². The monoisotopic (exact) mass is 193 g/mol. The second-order valence-corrected chi connectivity index (χ2v) is 3.64. The molecule has 0 bridgehead atoms. The number of pyridine rings is 1. The van der Waals surface area contributed by atoms with Crippen molar-refractivity contribution >= 4 is 5.82 Å². The van der Waals surface area contributed by atoms with E-state index >= 15 is 0 Å². The molecule has 0 saturated heterocycles. The average Bonchev–Trinajstić information content (AvgIpc) is 2.18. The van der Waals surface area contributed by atoms with Gasteiger partial charge in [0.05, 0.1) is 0 Å². The van der Waals surface area contributed by atoms with Crippen molar-refractivity contribution in [1.82, 2.24) is 9.88 Å². The Bertz CT molecular complexity index is 254. The standard InChI is InChI=1S/C11H19N3/c1-4-10-5-6-11(13-9-10)12-7-8-14(2)3/h5-6,9H,4,7-8H2,1-3H3,(H,12,13). The molecule has 0 aliphatic carbocycles. The van der Waals surface area contributed by atoms with Gasteiger partial charge in [-0.3, -0.25) is 0 Å². The highest BCUT2D eigenvalue weighted by Crippen LogP contribution is 2.04. The smallest absolute Gasteiger partial charge is 0.125 e. The first-order valence-corrected chi connectivity index (χ1v) is 5.06. The van der Waals surface area contributed by atoms with Crippen molar-refractivity contribution in [3.8, 4) is 0 Å². The fraction of sp³-hybridized carbons (Fsp3) is 0.545. The van der Waals surface area contributed by atoms with E-state index in [1.807, 2.05) is 12.3 Å². The van der Waals surface area contributed by atoms with E-state index in [0.29, 0.717) is 0 Å². The highest BCUT2D eigenvalue weighted by atomic mass is 15.1. The SMILES string of the molecule is CCc1ccc(NCCN(C)C)nc1. The number of nitrogens with one attached hydrogen (secondary N) is 1. The van der Waals surface area contributed by atoms with Gasteiger partial charge >= 0.3 is 0 Å². The molecule has 3 heteroatoms. The molecule has 0 aromatic carbocycles. The summed E-state index contributed by atoms with van der Waals surface area (Å²) in [6.45, 7) is 4.10. The molecule has 0 amide bonds. The lowest BCUT2D eigenvalue weighted by molar-refractivity contribution is 0.425. The minimum absolute atomic E-state index is 0.936. The van der Waals surface area contributed by atoms with Gasteiger partial charge in [-0.1, -0.05) is 13.0 Å². The van der Waals surface area contributed by atoms with Gasteiger partial charge in [-0.05, 0) is 32.1 Å². The topological polar surface area (TPSA) is 28.2 Å². The van der Waals surface area contributed by atoms with Gasteiger partial charge in [0.25, 0.3) is 0 Å². The van der Waals surface area contributed by atoms with Crippen LogP contribution in [0.3, 0.4) is 0 Å². The van der Waals surface area contributed by atoms with E-state index in [-0.39, 0.29) is 0 Å². The molecule has 1 heterocycles. The molecule has 1 rings (SSSR count). The summed E-state index contributed by atoms with van der Waals surface area (Å²) in [4.78, 5) is 6.46. The molecule has 0 radical (unpaired) electrons. The van der Waals surface area contributed by atoms with Crippen LogP contribution in [0, 0.1) is 0 Å². The molecule has 1 aromatic rings. The lowest BCUT2D eigenvalue weighted by atomic mass is 10.2. The van der Waals surface area contributed by atoms with Crippen molar-refractivity contribution in [2.24, 2.45) is 0 Å². The van der Waals surface area contributed by atoms with Crippen molar-refractivity contribution in [3.05, 3.63) is 23.9 Å². The van der Waals surface area contributed by atoms with E-state index in [1.54, 1.807) is 0 Å². The van der Waals surface area contributed by atoms with Crippen molar-refractivity contribution in [3.63, 3.8) is 0 Å². The first-order chi connectivity index (χ1) is 6.72. The normalized spacial score (nSPS) is 10.6. The fourth-order valence-corrected chi connectivity index (χ4v) is 1.15. The first-order valence-electron chi connectivity index (χ1n) is 5.06. The Labute approximate surface area is 86.2 Å². The lowest BCUT2D eigenvalue weighted by Gasteiger charge is -2.10. The molecule has 0 saturated carbocycles. The average molecular weight is 193 g/mol. The fourth-order valence-electron chi connectivity index (χ4n) is 1.15. The molecular weight excluding hydrogens is 174 g/mol. The van der Waals surface area contributed by atoms with E-state index < -0.39 is 0 Å². The first kappa shape index (κ1) is 11.0. The third-order valence-corrected chi connectivity index (χ3v) is 2.10. The number of aromatic nitrogens is 1. The van der Waals surface area contributed by atoms with E-state index in [1.165, 1.54) is 5.56 Å². The predicted molar refractivity (Wildman–Crippen MR) is 60.7 cm³/mol. The van der Waals surface area contributed by atoms with Crippen LogP contribution in [0.1, 0.15) is 12.5 Å². The van der Waals surface area contributed by atoms with E-state index in [2.05, 4.69) is 42.3 Å². The van der Waals surface area contributed by atoms with Crippen LogP contribution in [0.25, 0.3) is 0 Å². The zero-order valence-corrected chi connectivity index (χ0v) is 9.25. The highest BCUT2D eigenvalue weighted by Gasteiger charge is 1.94. The maximum atomic E-state index is 4.32. The Balaban J connectivity index is 2.36. The van der Waals surface area contributed by atoms with E-state index in [9.17, 15) is 0 Å². The molecule has 0 spiro atoms. The molecule has 14 heavy (non-hydrogen) atoms. The Hall–Kier alpha value is -1.09. The van der Waals surface area contributed by atoms with Crippen LogP contribution in [0.5, 0.6) is 0 Å². The molecule has 0 unspecified atom stereocenters. The molecule has 0 atom stereocenters. The summed E-state index contributed by atoms with van der Waals surface area (Å²) < 4.78 is 0. The van der Waals surface area contributed by atoms with Crippen molar-refractivity contribution < 1.29 is 0 Å². The van der Waals surface area contributed by atoms with Gasteiger partial charge in [0.15, 0.2) is 0 Å². The predicted octanol–water partition coefficient (Wildman–Crippen LogP) is 1.62. The van der Waals surface area contributed by atoms with Crippen molar-refractivity contribution in [1.29, 1.82) is 0 Å². The Kier molecular flexibility index (Phi) is 4.40. The van der Waals surface area contributed by atoms with Crippen molar-refractivity contribution in [2.45, 2.75) is 13.3 Å². The quantitative estimate of drug-likeness (QED) is 0.770. The highest BCUT2D eigenvalue weighted by molar-refractivity contribution is 5.35. The zero-order valence-electron chi connectivity index (χ0n) is 9.25. The maximum Gasteiger partial charge on any atom is 0.125 e. The zero-order chi connectivity index (χ0) is 10.4. The van der Waals surface area contributed by atoms with Crippen LogP contribution in [-0.2, 0) is 6.42 Å². The van der Waals surface area contributed by atoms with Gasteiger partial charge in [0.2, 0.25) is 0 Å². The largest absolute Gasteiger partial charge is 0.369 e. The number of rotatable bonds is 5. The Morgan fingerprint density at radius 1 is 1.36 bits per heavy atom. The third-order valence-electron chi connectivity index (χ3n) is 2.10. The minimum Gasteiger partial charge on any atom is -0.369 e. The van der Waals surface area contributed by atoms with Crippen LogP contribution in [0.15, 0.2) is 18.3 Å². The Morgan fingerprint density at radius 2 is 2.14 bits per heavy atom. The Morgan fingerprint density at radius 3 is 2.64 bits per heavy atom. The van der Waals surface area contributed by atoms with Gasteiger partial charge < -0.3 is 10.2 Å². The summed E-state index contributed by atoms with van der Waals surface area (Å²) >= 11 is 0. The van der Waals surface area contributed by atoms with Gasteiger partial charge in [-0.25, -0.2) is 4.98 Å². The number of hydrogen-bond acceptors (Lipinski definition) is 3.